The maximum Gasteiger partial charge on any atom is 0.297 e. The van der Waals surface area contributed by atoms with Crippen LogP contribution in [-0.4, -0.2) is 19.9 Å². The van der Waals surface area contributed by atoms with Gasteiger partial charge in [0.1, 0.15) is 17.0 Å². The molecule has 6 nitrogen and oxygen atoms in total. The zero-order valence-corrected chi connectivity index (χ0v) is 11.4. The number of rotatable bonds is 2. The highest BCUT2D eigenvalue weighted by atomic mass is 79.9. The van der Waals surface area contributed by atoms with Crippen molar-refractivity contribution < 1.29 is 9.31 Å². The van der Waals surface area contributed by atoms with E-state index in [-0.39, 0.29) is 11.4 Å². The number of benzene rings is 2. The Balaban J connectivity index is 2.28. The second-order valence-corrected chi connectivity index (χ2v) is 4.94. The molecule has 0 aliphatic heterocycles. The van der Waals surface area contributed by atoms with E-state index >= 15 is 0 Å². The van der Waals surface area contributed by atoms with Crippen molar-refractivity contribution in [1.82, 2.24) is 15.0 Å². The Morgan fingerprint density at radius 3 is 2.80 bits per heavy atom. The molecule has 0 spiro atoms. The van der Waals surface area contributed by atoms with Crippen LogP contribution in [0.5, 0.6) is 0 Å². The summed E-state index contributed by atoms with van der Waals surface area (Å²) in [5, 5.41) is 18.9. The van der Waals surface area contributed by atoms with Gasteiger partial charge in [0.05, 0.1) is 16.5 Å². The maximum atomic E-state index is 13.2. The molecule has 1 heterocycles. The van der Waals surface area contributed by atoms with Crippen LogP contribution in [0.3, 0.4) is 0 Å². The first-order valence-corrected chi connectivity index (χ1v) is 6.31. The Bertz CT molecular complexity index is 833. The fourth-order valence-electron chi connectivity index (χ4n) is 1.90. The van der Waals surface area contributed by atoms with E-state index in [2.05, 4.69) is 26.2 Å². The highest BCUT2D eigenvalue weighted by molar-refractivity contribution is 9.10. The number of halogens is 2. The fourth-order valence-corrected chi connectivity index (χ4v) is 2.25. The average Bonchev–Trinajstić information content (AvgIpc) is 2.81. The zero-order chi connectivity index (χ0) is 14.3. The number of nitro groups is 1. The summed E-state index contributed by atoms with van der Waals surface area (Å²) in [6.07, 6.45) is 0. The number of hydrogen-bond acceptors (Lipinski definition) is 4. The molecule has 3 aromatic rings. The number of hydrogen-bond donors (Lipinski definition) is 0. The van der Waals surface area contributed by atoms with Crippen LogP contribution in [0.2, 0.25) is 0 Å². The molecule has 0 amide bonds. The average molecular weight is 337 g/mol. The molecule has 0 fully saturated rings. The molecule has 0 aliphatic carbocycles. The molecule has 0 N–H and O–H groups in total. The van der Waals surface area contributed by atoms with E-state index in [9.17, 15) is 14.5 Å². The first kappa shape index (κ1) is 12.7. The first-order valence-electron chi connectivity index (χ1n) is 5.51. The van der Waals surface area contributed by atoms with Gasteiger partial charge in [0, 0.05) is 4.47 Å². The van der Waals surface area contributed by atoms with E-state index in [0.717, 1.165) is 16.6 Å². The van der Waals surface area contributed by atoms with Gasteiger partial charge < -0.3 is 0 Å². The van der Waals surface area contributed by atoms with Gasteiger partial charge in [-0.25, -0.2) is 9.07 Å². The van der Waals surface area contributed by atoms with E-state index < -0.39 is 10.7 Å². The molecule has 0 unspecified atom stereocenters. The van der Waals surface area contributed by atoms with Gasteiger partial charge in [-0.2, -0.15) is 0 Å². The number of fused-ring (bicyclic) bond motifs is 1. The van der Waals surface area contributed by atoms with E-state index in [4.69, 9.17) is 0 Å². The molecule has 100 valence electrons. The van der Waals surface area contributed by atoms with Crippen LogP contribution >= 0.6 is 15.9 Å². The van der Waals surface area contributed by atoms with Crippen LogP contribution in [0.1, 0.15) is 0 Å². The van der Waals surface area contributed by atoms with Crippen molar-refractivity contribution in [1.29, 1.82) is 0 Å². The van der Waals surface area contributed by atoms with Gasteiger partial charge >= 0.3 is 0 Å². The van der Waals surface area contributed by atoms with E-state index in [0.29, 0.717) is 11.0 Å². The SMILES string of the molecule is O=[N+]([O-])c1cc(F)ccc1-n1nnc2cc(Br)ccc21. The van der Waals surface area contributed by atoms with E-state index in [1.807, 2.05) is 0 Å². The van der Waals surface area contributed by atoms with Crippen LogP contribution < -0.4 is 0 Å². The van der Waals surface area contributed by atoms with Gasteiger partial charge in [-0.05, 0) is 30.3 Å². The van der Waals surface area contributed by atoms with Gasteiger partial charge in [0.15, 0.2) is 0 Å². The lowest BCUT2D eigenvalue weighted by molar-refractivity contribution is -0.384. The third kappa shape index (κ3) is 2.03. The van der Waals surface area contributed by atoms with Crippen molar-refractivity contribution in [3.05, 3.63) is 56.8 Å². The minimum Gasteiger partial charge on any atom is -0.258 e. The topological polar surface area (TPSA) is 73.8 Å². The fraction of sp³-hybridized carbons (Fsp3) is 0. The Morgan fingerprint density at radius 2 is 2.05 bits per heavy atom. The van der Waals surface area contributed by atoms with Crippen molar-refractivity contribution in [3.8, 4) is 5.69 Å². The number of aromatic nitrogens is 3. The second kappa shape index (κ2) is 4.64. The van der Waals surface area contributed by atoms with Gasteiger partial charge in [-0.1, -0.05) is 21.1 Å². The van der Waals surface area contributed by atoms with Gasteiger partial charge in [0.2, 0.25) is 0 Å². The number of nitro benzene ring substituents is 1. The summed E-state index contributed by atoms with van der Waals surface area (Å²) in [5.74, 6) is -0.674. The largest absolute Gasteiger partial charge is 0.297 e. The molecule has 2 aromatic carbocycles. The van der Waals surface area contributed by atoms with Crippen LogP contribution in [0.15, 0.2) is 40.9 Å². The smallest absolute Gasteiger partial charge is 0.258 e. The minimum absolute atomic E-state index is 0.168. The molecule has 0 aliphatic rings. The zero-order valence-electron chi connectivity index (χ0n) is 9.83. The van der Waals surface area contributed by atoms with Gasteiger partial charge in [-0.3, -0.25) is 10.1 Å². The highest BCUT2D eigenvalue weighted by Crippen LogP contribution is 2.27. The summed E-state index contributed by atoms with van der Waals surface area (Å²) in [4.78, 5) is 10.4. The second-order valence-electron chi connectivity index (χ2n) is 4.02. The standard InChI is InChI=1S/C12H6BrFN4O2/c13-7-1-3-10-9(5-7)15-16-17(10)11-4-2-8(14)6-12(11)18(19)20/h1-6H. The summed E-state index contributed by atoms with van der Waals surface area (Å²) in [6, 6.07) is 8.57. The summed E-state index contributed by atoms with van der Waals surface area (Å²) in [5.41, 5.74) is 0.988. The molecule has 0 atom stereocenters. The highest BCUT2D eigenvalue weighted by Gasteiger charge is 2.19. The van der Waals surface area contributed by atoms with Crippen molar-refractivity contribution in [2.45, 2.75) is 0 Å². The van der Waals surface area contributed by atoms with Crippen LogP contribution in [0.25, 0.3) is 16.7 Å². The van der Waals surface area contributed by atoms with E-state index in [1.54, 1.807) is 18.2 Å². The number of nitrogens with zero attached hydrogens (tertiary/aromatic N) is 4. The monoisotopic (exact) mass is 336 g/mol. The molecule has 0 saturated carbocycles. The van der Waals surface area contributed by atoms with Crippen molar-refractivity contribution in [2.75, 3.05) is 0 Å². The van der Waals surface area contributed by atoms with Crippen molar-refractivity contribution >= 4 is 32.7 Å². The lowest BCUT2D eigenvalue weighted by atomic mass is 10.2. The normalized spacial score (nSPS) is 10.9. The third-order valence-electron chi connectivity index (χ3n) is 2.77. The lowest BCUT2D eigenvalue weighted by Gasteiger charge is -2.03. The molecular formula is C12H6BrFN4O2. The maximum absolute atomic E-state index is 13.2. The molecule has 0 bridgehead atoms. The van der Waals surface area contributed by atoms with E-state index in [1.165, 1.54) is 10.7 Å². The lowest BCUT2D eigenvalue weighted by Crippen LogP contribution is -2.02. The summed E-state index contributed by atoms with van der Waals surface area (Å²) in [6.45, 7) is 0. The summed E-state index contributed by atoms with van der Waals surface area (Å²) >= 11 is 3.31. The minimum atomic E-state index is -0.674. The molecular weight excluding hydrogens is 331 g/mol. The van der Waals surface area contributed by atoms with Crippen LogP contribution in [-0.2, 0) is 0 Å². The Kier molecular flexibility index (Phi) is 2.94. The quantitative estimate of drug-likeness (QED) is 0.532. The molecule has 1 aromatic heterocycles. The van der Waals surface area contributed by atoms with Crippen molar-refractivity contribution in [3.63, 3.8) is 0 Å². The first-order chi connectivity index (χ1) is 9.56. The van der Waals surface area contributed by atoms with Crippen LogP contribution in [0.4, 0.5) is 10.1 Å². The molecule has 0 radical (unpaired) electrons. The molecule has 0 saturated heterocycles. The Morgan fingerprint density at radius 1 is 1.25 bits per heavy atom. The molecule has 8 heteroatoms. The van der Waals surface area contributed by atoms with Crippen molar-refractivity contribution in [2.24, 2.45) is 0 Å². The third-order valence-corrected chi connectivity index (χ3v) is 3.26. The van der Waals surface area contributed by atoms with Crippen LogP contribution in [0, 0.1) is 15.9 Å². The predicted molar refractivity (Wildman–Crippen MR) is 73.2 cm³/mol. The molecule has 3 rings (SSSR count). The van der Waals surface area contributed by atoms with Gasteiger partial charge in [0.25, 0.3) is 5.69 Å². The molecule has 20 heavy (non-hydrogen) atoms. The predicted octanol–water partition coefficient (Wildman–Crippen LogP) is 3.23. The Hall–Kier alpha value is -2.35. The summed E-state index contributed by atoms with van der Waals surface area (Å²) in [7, 11) is 0. The Labute approximate surface area is 120 Å². The van der Waals surface area contributed by atoms with Gasteiger partial charge in [-0.15, -0.1) is 5.10 Å². The summed E-state index contributed by atoms with van der Waals surface area (Å²) < 4.78 is 15.3.